The highest BCUT2D eigenvalue weighted by atomic mass is 32.2. The molecule has 57 heavy (non-hydrogen) atoms. The van der Waals surface area contributed by atoms with E-state index in [0.29, 0.717) is 32.3 Å². The molecular formula is C41H36N4O10S2. The predicted molar refractivity (Wildman–Crippen MR) is 215 cm³/mol. The molecule has 0 aromatic heterocycles. The van der Waals surface area contributed by atoms with Crippen LogP contribution >= 0.6 is 0 Å². The van der Waals surface area contributed by atoms with Gasteiger partial charge in [-0.2, -0.15) is 16.8 Å². The summed E-state index contributed by atoms with van der Waals surface area (Å²) in [7, 11) is -9.72. The van der Waals surface area contributed by atoms with Crippen LogP contribution in [0.1, 0.15) is 38.3 Å². The Kier molecular flexibility index (Phi) is 9.66. The quantitative estimate of drug-likeness (QED) is 0.0750. The summed E-state index contributed by atoms with van der Waals surface area (Å²) in [6, 6.07) is 14.8. The largest absolute Gasteiger partial charge is 0.315 e. The lowest BCUT2D eigenvalue weighted by atomic mass is 9.96. The standard InChI is InChI=1S/C41H36N4O10S2/c46-35-21-31-9-7-29-17-25-3-1-5-27(25)19-33(29)37(31)39(48)44(35)15-13-42-12-11-41(23-56(50,51)52,24-57(53,54)55)43-14-16-45-36(47)22-32-10-8-30-18-26-4-2-6-28(26)20-34(30)38(32)40(45)49/h1-10,17-22,42-43H,11-16,23-24H2,(H,50,51,52)(H,53,54,55). The molecule has 16 heteroatoms. The SMILES string of the molecule is O=C1C=c2ccc3cc4c(cc3c2C(=O)N1CCNCCC(CS(=O)(=O)O)(CS(=O)(=O)O)NCCN1C(=O)C=c2ccc3cc5c(cc3c2C1=O)C=CC=5)C=CC=4. The van der Waals surface area contributed by atoms with E-state index in [2.05, 4.69) is 10.6 Å². The Balaban J connectivity index is 0.962. The molecule has 4 aliphatic rings. The van der Waals surface area contributed by atoms with Gasteiger partial charge >= 0.3 is 0 Å². The van der Waals surface area contributed by atoms with Crippen molar-refractivity contribution in [3.63, 3.8) is 0 Å². The third-order valence-corrected chi connectivity index (χ3v) is 12.5. The van der Waals surface area contributed by atoms with Crippen LogP contribution in [0.2, 0.25) is 0 Å². The number of allylic oxidation sites excluding steroid dienone is 2. The second-order valence-corrected chi connectivity index (χ2v) is 17.5. The van der Waals surface area contributed by atoms with Crippen LogP contribution in [0.15, 0.2) is 60.7 Å². The van der Waals surface area contributed by atoms with E-state index >= 15 is 0 Å². The molecule has 0 bridgehead atoms. The van der Waals surface area contributed by atoms with Crippen molar-refractivity contribution in [2.24, 2.45) is 0 Å². The summed E-state index contributed by atoms with van der Waals surface area (Å²) in [6.45, 7) is -0.762. The summed E-state index contributed by atoms with van der Waals surface area (Å²) in [5.74, 6) is -4.52. The van der Waals surface area contributed by atoms with Gasteiger partial charge in [-0.1, -0.05) is 60.7 Å². The minimum Gasteiger partial charge on any atom is -0.315 e. The fourth-order valence-corrected chi connectivity index (χ4v) is 10.3. The van der Waals surface area contributed by atoms with Gasteiger partial charge in [0.1, 0.15) is 0 Å². The molecule has 2 heterocycles. The zero-order valence-electron chi connectivity index (χ0n) is 30.3. The number of hydrogen-bond donors (Lipinski definition) is 4. The van der Waals surface area contributed by atoms with Crippen molar-refractivity contribution in [3.8, 4) is 0 Å². The average Bonchev–Trinajstić information content (AvgIpc) is 3.79. The normalized spacial score (nSPS) is 16.0. The number of hydrogen-bond acceptors (Lipinski definition) is 10. The van der Waals surface area contributed by atoms with E-state index < -0.39 is 60.9 Å². The molecule has 0 radical (unpaired) electrons. The van der Waals surface area contributed by atoms with Gasteiger partial charge in [-0.05, 0) is 90.8 Å². The predicted octanol–water partition coefficient (Wildman–Crippen LogP) is -0.0827. The zero-order valence-corrected chi connectivity index (χ0v) is 31.9. The van der Waals surface area contributed by atoms with E-state index in [-0.39, 0.29) is 39.1 Å². The van der Waals surface area contributed by atoms with E-state index in [4.69, 9.17) is 0 Å². The molecule has 0 saturated carbocycles. The number of imide groups is 2. The average molecular weight is 809 g/mol. The van der Waals surface area contributed by atoms with Crippen LogP contribution in [0.25, 0.3) is 58.0 Å². The fraction of sp³-hybridized carbons (Fsp3) is 0.220. The van der Waals surface area contributed by atoms with Crippen LogP contribution in [0, 0.1) is 0 Å². The number of nitrogens with zero attached hydrogens (tertiary/aromatic N) is 2. The maximum Gasteiger partial charge on any atom is 0.266 e. The molecule has 2 aliphatic heterocycles. The minimum absolute atomic E-state index is 0.0311. The van der Waals surface area contributed by atoms with Crippen molar-refractivity contribution >= 4 is 102 Å². The van der Waals surface area contributed by atoms with Crippen LogP contribution < -0.4 is 31.5 Å². The highest BCUT2D eigenvalue weighted by Gasteiger charge is 2.39. The fourth-order valence-electron chi connectivity index (χ4n) is 8.12. The lowest BCUT2D eigenvalue weighted by Crippen LogP contribution is -2.58. The third-order valence-electron chi connectivity index (χ3n) is 10.7. The van der Waals surface area contributed by atoms with Crippen LogP contribution in [0.5, 0.6) is 0 Å². The van der Waals surface area contributed by atoms with E-state index in [1.165, 1.54) is 12.2 Å². The Hall–Kier alpha value is -5.62. The number of nitrogens with one attached hydrogen (secondary N) is 2. The van der Waals surface area contributed by atoms with Gasteiger partial charge < -0.3 is 10.6 Å². The molecule has 4 amide bonds. The smallest absolute Gasteiger partial charge is 0.266 e. The van der Waals surface area contributed by atoms with Gasteiger partial charge in [0.2, 0.25) is 0 Å². The number of carbonyl (C=O) groups is 4. The number of carbonyl (C=O) groups excluding carboxylic acids is 4. The maximum absolute atomic E-state index is 13.8. The van der Waals surface area contributed by atoms with Gasteiger partial charge in [-0.3, -0.25) is 38.1 Å². The van der Waals surface area contributed by atoms with Gasteiger partial charge in [-0.25, -0.2) is 0 Å². The first kappa shape index (κ1) is 38.3. The van der Waals surface area contributed by atoms with Crippen LogP contribution in [-0.4, -0.2) is 109 Å². The van der Waals surface area contributed by atoms with Crippen molar-refractivity contribution < 1.29 is 45.1 Å². The van der Waals surface area contributed by atoms with E-state index in [1.807, 2.05) is 72.9 Å². The molecule has 4 N–H and O–H groups in total. The zero-order chi connectivity index (χ0) is 40.3. The van der Waals surface area contributed by atoms with E-state index in [0.717, 1.165) is 42.1 Å². The van der Waals surface area contributed by atoms with Crippen molar-refractivity contribution in [2.45, 2.75) is 12.0 Å². The Bertz CT molecular complexity index is 3000. The summed E-state index contributed by atoms with van der Waals surface area (Å²) < 4.78 is 68.9. The molecule has 0 spiro atoms. The Morgan fingerprint density at radius 3 is 1.54 bits per heavy atom. The Labute approximate surface area is 326 Å². The highest BCUT2D eigenvalue weighted by molar-refractivity contribution is 7.86. The number of benzene rings is 4. The van der Waals surface area contributed by atoms with Crippen molar-refractivity contribution in [1.82, 2.24) is 20.4 Å². The van der Waals surface area contributed by atoms with Gasteiger partial charge in [0.05, 0.1) is 28.2 Å². The molecule has 0 saturated heterocycles. The van der Waals surface area contributed by atoms with E-state index in [1.54, 1.807) is 12.1 Å². The molecule has 4 aromatic rings. The number of fused-ring (bicyclic) bond motifs is 8. The van der Waals surface area contributed by atoms with Crippen LogP contribution in [0.3, 0.4) is 0 Å². The van der Waals surface area contributed by atoms with Gasteiger partial charge in [0.25, 0.3) is 43.9 Å². The first-order valence-electron chi connectivity index (χ1n) is 18.1. The summed E-state index contributed by atoms with van der Waals surface area (Å²) in [4.78, 5) is 55.8. The molecule has 8 rings (SSSR count). The van der Waals surface area contributed by atoms with Crippen molar-refractivity contribution in [1.29, 1.82) is 0 Å². The molecule has 292 valence electrons. The third kappa shape index (κ3) is 7.62. The monoisotopic (exact) mass is 808 g/mol. The second-order valence-electron chi connectivity index (χ2n) is 14.6. The summed E-state index contributed by atoms with van der Waals surface area (Å²) in [5.41, 5.74) is 0.558. The van der Waals surface area contributed by atoms with Crippen molar-refractivity contribution in [3.05, 3.63) is 104 Å². The lowest BCUT2D eigenvalue weighted by Gasteiger charge is -2.34. The minimum atomic E-state index is -4.86. The summed E-state index contributed by atoms with van der Waals surface area (Å²) in [6.07, 6.45) is 14.0. The summed E-state index contributed by atoms with van der Waals surface area (Å²) in [5, 5.41) is 11.7. The lowest BCUT2D eigenvalue weighted by molar-refractivity contribution is -0.123. The van der Waals surface area contributed by atoms with Crippen molar-refractivity contribution in [2.75, 3.05) is 44.2 Å². The van der Waals surface area contributed by atoms with E-state index in [9.17, 15) is 45.1 Å². The number of rotatable bonds is 14. The summed E-state index contributed by atoms with van der Waals surface area (Å²) >= 11 is 0. The molecular weight excluding hydrogens is 773 g/mol. The molecule has 0 unspecified atom stereocenters. The number of amides is 4. The molecule has 4 aromatic carbocycles. The Morgan fingerprint density at radius 1 is 0.596 bits per heavy atom. The molecule has 2 aliphatic carbocycles. The van der Waals surface area contributed by atoms with Crippen LogP contribution in [0.4, 0.5) is 0 Å². The molecule has 0 fully saturated rings. The van der Waals surface area contributed by atoms with Gasteiger partial charge in [0, 0.05) is 38.3 Å². The van der Waals surface area contributed by atoms with Gasteiger partial charge in [-0.15, -0.1) is 0 Å². The molecule has 14 nitrogen and oxygen atoms in total. The van der Waals surface area contributed by atoms with Crippen LogP contribution in [-0.2, 0) is 29.8 Å². The molecule has 0 atom stereocenters. The second kappa shape index (κ2) is 14.4. The Morgan fingerprint density at radius 2 is 1.07 bits per heavy atom. The first-order chi connectivity index (χ1) is 27.1. The highest BCUT2D eigenvalue weighted by Crippen LogP contribution is 2.24. The van der Waals surface area contributed by atoms with Gasteiger partial charge in [0.15, 0.2) is 0 Å². The topological polar surface area (TPSA) is 208 Å². The maximum atomic E-state index is 13.8. The first-order valence-corrected chi connectivity index (χ1v) is 21.3.